The molecule has 0 heterocycles. The molecule has 1 fully saturated rings. The average molecular weight is 306 g/mol. The minimum atomic E-state index is -0.410. The van der Waals surface area contributed by atoms with Crippen LogP contribution >= 0.6 is 0 Å². The van der Waals surface area contributed by atoms with E-state index in [1.807, 2.05) is 0 Å². The molecule has 22 heavy (non-hydrogen) atoms. The minimum Gasteiger partial charge on any atom is -0.426 e. The van der Waals surface area contributed by atoms with Crippen LogP contribution in [0, 0.1) is 15.5 Å². The summed E-state index contributed by atoms with van der Waals surface area (Å²) in [5.74, 6) is 0.0398. The van der Waals surface area contributed by atoms with E-state index in [1.165, 1.54) is 12.5 Å². The van der Waals surface area contributed by atoms with Crippen molar-refractivity contribution < 1.29 is 14.5 Å². The Kier molecular flexibility index (Phi) is 5.49. The molecule has 1 aliphatic rings. The van der Waals surface area contributed by atoms with E-state index in [0.29, 0.717) is 24.3 Å². The molecule has 0 radical (unpaired) electrons. The molecule has 2 N–H and O–H groups in total. The van der Waals surface area contributed by atoms with Gasteiger partial charge < -0.3 is 10.5 Å². The van der Waals surface area contributed by atoms with E-state index in [9.17, 15) is 14.9 Å². The fraction of sp³-hybridized carbons (Fsp3) is 0.562. The number of nitrogens with two attached hydrogens (primary N) is 1. The van der Waals surface area contributed by atoms with Crippen LogP contribution in [0.1, 0.15) is 44.1 Å². The number of hydrogen-bond acceptors (Lipinski definition) is 5. The Labute approximate surface area is 129 Å². The molecule has 0 spiro atoms. The molecule has 1 saturated carbocycles. The van der Waals surface area contributed by atoms with E-state index in [0.717, 1.165) is 25.7 Å². The van der Waals surface area contributed by atoms with Crippen molar-refractivity contribution in [2.24, 2.45) is 11.1 Å². The minimum absolute atomic E-state index is 0.145. The first-order valence-corrected chi connectivity index (χ1v) is 7.64. The van der Waals surface area contributed by atoms with Crippen molar-refractivity contribution in [1.82, 2.24) is 0 Å². The van der Waals surface area contributed by atoms with E-state index >= 15 is 0 Å². The molecule has 0 atom stereocenters. The summed E-state index contributed by atoms with van der Waals surface area (Å²) in [6, 6.07) is 6.47. The molecule has 1 aromatic rings. The number of carbonyl (C=O) groups excluding carboxylic acids is 1. The number of nitro groups is 1. The van der Waals surface area contributed by atoms with Gasteiger partial charge in [0.2, 0.25) is 6.54 Å². The third-order valence-corrected chi connectivity index (χ3v) is 4.31. The van der Waals surface area contributed by atoms with Crippen LogP contribution in [0.3, 0.4) is 0 Å². The van der Waals surface area contributed by atoms with Crippen LogP contribution in [0.25, 0.3) is 0 Å². The lowest BCUT2D eigenvalue weighted by atomic mass is 9.72. The Bertz CT molecular complexity index is 539. The first-order chi connectivity index (χ1) is 10.5. The van der Waals surface area contributed by atoms with Gasteiger partial charge >= 0.3 is 5.97 Å². The van der Waals surface area contributed by atoms with Gasteiger partial charge in [-0.1, -0.05) is 31.4 Å². The molecule has 0 bridgehead atoms. The maximum atomic E-state index is 12.2. The Hall–Kier alpha value is -1.95. The van der Waals surface area contributed by atoms with Crippen molar-refractivity contribution in [3.63, 3.8) is 0 Å². The number of ether oxygens (including phenoxy) is 1. The second-order valence-corrected chi connectivity index (χ2v) is 6.05. The van der Waals surface area contributed by atoms with Gasteiger partial charge in [-0.25, -0.2) is 0 Å². The first-order valence-electron chi connectivity index (χ1n) is 7.64. The van der Waals surface area contributed by atoms with Crippen molar-refractivity contribution in [3.05, 3.63) is 39.9 Å². The van der Waals surface area contributed by atoms with Crippen LogP contribution in [-0.2, 0) is 11.3 Å². The molecule has 0 saturated heterocycles. The molecule has 6 heteroatoms. The number of esters is 1. The fourth-order valence-corrected chi connectivity index (χ4v) is 3.08. The van der Waals surface area contributed by atoms with Crippen LogP contribution in [0.15, 0.2) is 24.3 Å². The third kappa shape index (κ3) is 4.53. The SMILES string of the molecule is NCC1(CC(=O)Oc2cccc(C[N+](=O)[O-])c2)CCCCC1. The molecule has 2 rings (SSSR count). The van der Waals surface area contributed by atoms with E-state index in [1.54, 1.807) is 18.2 Å². The van der Waals surface area contributed by atoms with Crippen LogP contribution in [-0.4, -0.2) is 17.4 Å². The normalized spacial score (nSPS) is 17.0. The lowest BCUT2D eigenvalue weighted by molar-refractivity contribution is -0.496. The Morgan fingerprint density at radius 1 is 1.32 bits per heavy atom. The van der Waals surface area contributed by atoms with Gasteiger partial charge in [-0.15, -0.1) is 0 Å². The van der Waals surface area contributed by atoms with Gasteiger partial charge in [0.1, 0.15) is 5.75 Å². The summed E-state index contributed by atoms with van der Waals surface area (Å²) >= 11 is 0. The number of hydrogen-bond donors (Lipinski definition) is 1. The van der Waals surface area contributed by atoms with Crippen molar-refractivity contribution in [3.8, 4) is 5.75 Å². The molecular formula is C16H22N2O4. The fourth-order valence-electron chi connectivity index (χ4n) is 3.08. The summed E-state index contributed by atoms with van der Waals surface area (Å²) in [7, 11) is 0. The maximum Gasteiger partial charge on any atom is 0.311 e. The second kappa shape index (κ2) is 7.35. The molecule has 1 aromatic carbocycles. The Balaban J connectivity index is 1.97. The highest BCUT2D eigenvalue weighted by molar-refractivity contribution is 5.73. The van der Waals surface area contributed by atoms with Gasteiger partial charge in [0, 0.05) is 10.5 Å². The molecule has 0 unspecified atom stereocenters. The Morgan fingerprint density at radius 2 is 2.05 bits per heavy atom. The largest absolute Gasteiger partial charge is 0.426 e. The van der Waals surface area contributed by atoms with Crippen LogP contribution in [0.5, 0.6) is 5.75 Å². The summed E-state index contributed by atoms with van der Waals surface area (Å²) in [4.78, 5) is 22.3. The quantitative estimate of drug-likeness (QED) is 0.377. The van der Waals surface area contributed by atoms with Crippen molar-refractivity contribution >= 4 is 5.97 Å². The smallest absolute Gasteiger partial charge is 0.311 e. The highest BCUT2D eigenvalue weighted by atomic mass is 16.6. The van der Waals surface area contributed by atoms with Crippen LogP contribution in [0.2, 0.25) is 0 Å². The third-order valence-electron chi connectivity index (χ3n) is 4.31. The topological polar surface area (TPSA) is 95.5 Å². The zero-order valence-electron chi connectivity index (χ0n) is 12.6. The molecule has 0 aliphatic heterocycles. The monoisotopic (exact) mass is 306 g/mol. The van der Waals surface area contributed by atoms with E-state index < -0.39 is 4.92 Å². The lowest BCUT2D eigenvalue weighted by Crippen LogP contribution is -2.36. The average Bonchev–Trinajstić information content (AvgIpc) is 2.47. The molecular weight excluding hydrogens is 284 g/mol. The van der Waals surface area contributed by atoms with Crippen molar-refractivity contribution in [2.45, 2.75) is 45.1 Å². The first kappa shape index (κ1) is 16.4. The van der Waals surface area contributed by atoms with E-state index in [-0.39, 0.29) is 17.9 Å². The number of nitrogens with zero attached hydrogens (tertiary/aromatic N) is 1. The summed E-state index contributed by atoms with van der Waals surface area (Å²) in [5, 5.41) is 10.5. The second-order valence-electron chi connectivity index (χ2n) is 6.05. The van der Waals surface area contributed by atoms with Gasteiger partial charge in [-0.05, 0) is 36.9 Å². The van der Waals surface area contributed by atoms with Gasteiger partial charge in [-0.3, -0.25) is 14.9 Å². The van der Waals surface area contributed by atoms with Crippen molar-refractivity contribution in [2.75, 3.05) is 6.54 Å². The maximum absolute atomic E-state index is 12.2. The van der Waals surface area contributed by atoms with Gasteiger partial charge in [0.25, 0.3) is 0 Å². The van der Waals surface area contributed by atoms with Gasteiger partial charge in [-0.2, -0.15) is 0 Å². The van der Waals surface area contributed by atoms with Crippen LogP contribution in [0.4, 0.5) is 0 Å². The zero-order valence-corrected chi connectivity index (χ0v) is 12.6. The van der Waals surface area contributed by atoms with Crippen LogP contribution < -0.4 is 10.5 Å². The molecule has 0 aromatic heterocycles. The summed E-state index contributed by atoms with van der Waals surface area (Å²) in [6.45, 7) is 0.210. The van der Waals surface area contributed by atoms with Crippen molar-refractivity contribution in [1.29, 1.82) is 0 Å². The summed E-state index contributed by atoms with van der Waals surface area (Å²) in [6.07, 6.45) is 5.62. The zero-order chi connectivity index (χ0) is 16.0. The summed E-state index contributed by atoms with van der Waals surface area (Å²) in [5.41, 5.74) is 6.25. The standard InChI is InChI=1S/C16H22N2O4/c17-12-16(7-2-1-3-8-16)10-15(19)22-14-6-4-5-13(9-14)11-18(20)21/h4-6,9H,1-3,7-8,10-12,17H2. The molecule has 120 valence electrons. The summed E-state index contributed by atoms with van der Waals surface area (Å²) < 4.78 is 5.35. The predicted octanol–water partition coefficient (Wildman–Crippen LogP) is 2.67. The number of carbonyl (C=O) groups is 1. The highest BCUT2D eigenvalue weighted by Gasteiger charge is 2.33. The molecule has 0 amide bonds. The highest BCUT2D eigenvalue weighted by Crippen LogP contribution is 2.38. The van der Waals surface area contributed by atoms with E-state index in [4.69, 9.17) is 10.5 Å². The predicted molar refractivity (Wildman–Crippen MR) is 82.0 cm³/mol. The van der Waals surface area contributed by atoms with E-state index in [2.05, 4.69) is 0 Å². The molecule has 1 aliphatic carbocycles. The number of rotatable bonds is 6. The molecule has 6 nitrogen and oxygen atoms in total. The number of benzene rings is 1. The Morgan fingerprint density at radius 3 is 2.68 bits per heavy atom. The van der Waals surface area contributed by atoms with Gasteiger partial charge in [0.05, 0.1) is 6.42 Å². The lowest BCUT2D eigenvalue weighted by Gasteiger charge is -2.35. The van der Waals surface area contributed by atoms with Gasteiger partial charge in [0.15, 0.2) is 0 Å².